The Morgan fingerprint density at radius 1 is 1.00 bits per heavy atom. The van der Waals surface area contributed by atoms with Gasteiger partial charge in [0.05, 0.1) is 31.0 Å². The van der Waals surface area contributed by atoms with Crippen molar-refractivity contribution in [2.45, 2.75) is 40.7 Å². The zero-order chi connectivity index (χ0) is 23.1. The molecule has 0 saturated carbocycles. The van der Waals surface area contributed by atoms with Gasteiger partial charge in [0, 0.05) is 6.54 Å². The number of carbonyl (C=O) groups is 1. The third kappa shape index (κ3) is 5.82. The van der Waals surface area contributed by atoms with Gasteiger partial charge in [-0.15, -0.1) is 0 Å². The van der Waals surface area contributed by atoms with Crippen molar-refractivity contribution in [3.63, 3.8) is 0 Å². The van der Waals surface area contributed by atoms with E-state index in [0.717, 1.165) is 22.6 Å². The molecule has 2 aromatic carbocycles. The fourth-order valence-electron chi connectivity index (χ4n) is 3.44. The summed E-state index contributed by atoms with van der Waals surface area (Å²) in [5.41, 5.74) is 4.35. The number of aromatic nitrogens is 2. The molecule has 0 bridgehead atoms. The fraction of sp³-hybridized carbons (Fsp3) is 0.360. The molecule has 32 heavy (non-hydrogen) atoms. The summed E-state index contributed by atoms with van der Waals surface area (Å²) in [6, 6.07) is 14.0. The molecule has 0 spiro atoms. The van der Waals surface area contributed by atoms with Gasteiger partial charge < -0.3 is 14.8 Å². The second-order valence-corrected chi connectivity index (χ2v) is 7.91. The monoisotopic (exact) mass is 455 g/mol. The lowest BCUT2D eigenvalue weighted by Crippen LogP contribution is -2.26. The highest BCUT2D eigenvalue weighted by molar-refractivity contribution is 6.33. The third-order valence-electron chi connectivity index (χ3n) is 5.05. The highest BCUT2D eigenvalue weighted by Gasteiger charge is 2.20. The molecule has 0 aliphatic rings. The maximum absolute atomic E-state index is 12.8. The molecular weight excluding hydrogens is 426 g/mol. The van der Waals surface area contributed by atoms with Crippen LogP contribution >= 0.6 is 11.6 Å². The maximum atomic E-state index is 12.8. The topological polar surface area (TPSA) is 65.4 Å². The van der Waals surface area contributed by atoms with Crippen LogP contribution in [0.15, 0.2) is 42.5 Å². The minimum absolute atomic E-state index is 0.223. The van der Waals surface area contributed by atoms with Crippen molar-refractivity contribution < 1.29 is 14.3 Å². The first-order valence-electron chi connectivity index (χ1n) is 10.9. The molecule has 7 heteroatoms. The van der Waals surface area contributed by atoms with E-state index in [1.807, 2.05) is 63.2 Å². The first-order valence-corrected chi connectivity index (χ1v) is 11.3. The van der Waals surface area contributed by atoms with Crippen LogP contribution in [-0.2, 0) is 13.0 Å². The molecule has 3 rings (SSSR count). The van der Waals surface area contributed by atoms with Gasteiger partial charge in [-0.05, 0) is 57.4 Å². The van der Waals surface area contributed by atoms with E-state index in [1.165, 1.54) is 5.56 Å². The van der Waals surface area contributed by atoms with E-state index in [4.69, 9.17) is 21.1 Å². The summed E-state index contributed by atoms with van der Waals surface area (Å²) >= 11 is 6.51. The summed E-state index contributed by atoms with van der Waals surface area (Å²) < 4.78 is 12.9. The number of rotatable bonds is 10. The number of benzene rings is 2. The van der Waals surface area contributed by atoms with Crippen molar-refractivity contribution >= 4 is 17.5 Å². The lowest BCUT2D eigenvalue weighted by Gasteiger charge is -2.12. The van der Waals surface area contributed by atoms with Crippen LogP contribution in [-0.4, -0.2) is 35.4 Å². The largest absolute Gasteiger partial charge is 0.490 e. The highest BCUT2D eigenvalue weighted by Crippen LogP contribution is 2.28. The lowest BCUT2D eigenvalue weighted by atomic mass is 10.1. The number of amides is 1. The van der Waals surface area contributed by atoms with E-state index in [1.54, 1.807) is 11.6 Å². The summed E-state index contributed by atoms with van der Waals surface area (Å²) in [6.45, 7) is 9.84. The SMILES string of the molecule is CCOc1ccc(CCNC(=O)c2c(C)nn(Cc3ccc(C)cc3)c2Cl)cc1OCC. The van der Waals surface area contributed by atoms with Gasteiger partial charge in [0.15, 0.2) is 11.5 Å². The normalized spacial score (nSPS) is 10.8. The molecule has 0 saturated heterocycles. The predicted molar refractivity (Wildman–Crippen MR) is 127 cm³/mol. The number of hydrogen-bond donors (Lipinski definition) is 1. The Labute approximate surface area is 194 Å². The number of ether oxygens (including phenoxy) is 2. The molecule has 6 nitrogen and oxygen atoms in total. The number of nitrogens with zero attached hydrogens (tertiary/aromatic N) is 2. The van der Waals surface area contributed by atoms with Crippen LogP contribution in [0.5, 0.6) is 11.5 Å². The third-order valence-corrected chi connectivity index (χ3v) is 5.44. The van der Waals surface area contributed by atoms with Gasteiger partial charge in [0.25, 0.3) is 5.91 Å². The standard InChI is InChI=1S/C25H30ClN3O3/c1-5-31-21-12-11-19(15-22(21)32-6-2)13-14-27-25(30)23-18(4)28-29(24(23)26)16-20-9-7-17(3)8-10-20/h7-12,15H,5-6,13-14,16H2,1-4H3,(H,27,30). The Bertz CT molecular complexity index is 1060. The fourth-order valence-corrected chi connectivity index (χ4v) is 3.76. The van der Waals surface area contributed by atoms with Gasteiger partial charge >= 0.3 is 0 Å². The second kappa shape index (κ2) is 11.0. The first kappa shape index (κ1) is 23.7. The minimum atomic E-state index is -0.223. The van der Waals surface area contributed by atoms with E-state index in [0.29, 0.717) is 49.1 Å². The van der Waals surface area contributed by atoms with Crippen LogP contribution in [0.3, 0.4) is 0 Å². The van der Waals surface area contributed by atoms with Crippen LogP contribution in [0.25, 0.3) is 0 Å². The van der Waals surface area contributed by atoms with Gasteiger partial charge in [0.1, 0.15) is 5.15 Å². The molecule has 1 aromatic heterocycles. The summed E-state index contributed by atoms with van der Waals surface area (Å²) in [5.74, 6) is 1.22. The van der Waals surface area contributed by atoms with Crippen molar-refractivity contribution in [2.24, 2.45) is 0 Å². The molecule has 0 aliphatic carbocycles. The van der Waals surface area contributed by atoms with Crippen molar-refractivity contribution in [1.29, 1.82) is 0 Å². The highest BCUT2D eigenvalue weighted by atomic mass is 35.5. The molecule has 0 fully saturated rings. The summed E-state index contributed by atoms with van der Waals surface area (Å²) in [7, 11) is 0. The summed E-state index contributed by atoms with van der Waals surface area (Å²) in [4.78, 5) is 12.8. The Morgan fingerprint density at radius 3 is 2.34 bits per heavy atom. The number of nitrogens with one attached hydrogen (secondary N) is 1. The Balaban J connectivity index is 1.63. The van der Waals surface area contributed by atoms with Crippen LogP contribution in [0.1, 0.15) is 46.6 Å². The molecule has 1 amide bonds. The van der Waals surface area contributed by atoms with Gasteiger partial charge in [-0.2, -0.15) is 5.10 Å². The van der Waals surface area contributed by atoms with Crippen LogP contribution in [0.4, 0.5) is 0 Å². The summed E-state index contributed by atoms with van der Waals surface area (Å²) in [6.07, 6.45) is 0.659. The van der Waals surface area contributed by atoms with Crippen LogP contribution in [0, 0.1) is 13.8 Å². The zero-order valence-corrected chi connectivity index (χ0v) is 19.8. The van der Waals surface area contributed by atoms with Crippen molar-refractivity contribution in [3.05, 3.63) is 75.6 Å². The zero-order valence-electron chi connectivity index (χ0n) is 19.1. The van der Waals surface area contributed by atoms with E-state index in [2.05, 4.69) is 10.4 Å². The Morgan fingerprint density at radius 2 is 1.66 bits per heavy atom. The molecule has 0 unspecified atom stereocenters. The molecule has 0 atom stereocenters. The molecule has 0 aliphatic heterocycles. The Kier molecular flexibility index (Phi) is 8.17. The lowest BCUT2D eigenvalue weighted by molar-refractivity contribution is 0.0953. The minimum Gasteiger partial charge on any atom is -0.490 e. The van der Waals surface area contributed by atoms with E-state index < -0.39 is 0 Å². The van der Waals surface area contributed by atoms with Crippen molar-refractivity contribution in [3.8, 4) is 11.5 Å². The van der Waals surface area contributed by atoms with E-state index in [-0.39, 0.29) is 5.91 Å². The van der Waals surface area contributed by atoms with E-state index >= 15 is 0 Å². The quantitative estimate of drug-likeness (QED) is 0.468. The van der Waals surface area contributed by atoms with Crippen LogP contribution < -0.4 is 14.8 Å². The summed E-state index contributed by atoms with van der Waals surface area (Å²) in [5, 5.41) is 7.77. The first-order chi connectivity index (χ1) is 15.4. The van der Waals surface area contributed by atoms with E-state index in [9.17, 15) is 4.79 Å². The molecule has 0 radical (unpaired) electrons. The smallest absolute Gasteiger partial charge is 0.256 e. The molecule has 1 heterocycles. The van der Waals surface area contributed by atoms with Crippen LogP contribution in [0.2, 0.25) is 5.15 Å². The molecule has 1 N–H and O–H groups in total. The molecule has 3 aromatic rings. The second-order valence-electron chi connectivity index (χ2n) is 7.55. The average Bonchev–Trinajstić information content (AvgIpc) is 3.04. The van der Waals surface area contributed by atoms with Gasteiger partial charge in [-0.25, -0.2) is 4.68 Å². The molecule has 170 valence electrons. The van der Waals surface area contributed by atoms with Gasteiger partial charge in [0.2, 0.25) is 0 Å². The van der Waals surface area contributed by atoms with Gasteiger partial charge in [-0.1, -0.05) is 47.5 Å². The molecular formula is C25H30ClN3O3. The number of aryl methyl sites for hydroxylation is 2. The average molecular weight is 456 g/mol. The number of carbonyl (C=O) groups excluding carboxylic acids is 1. The maximum Gasteiger partial charge on any atom is 0.256 e. The Hall–Kier alpha value is -2.99. The predicted octanol–water partition coefficient (Wildman–Crippen LogP) is 4.97. The number of hydrogen-bond acceptors (Lipinski definition) is 4. The van der Waals surface area contributed by atoms with Gasteiger partial charge in [-0.3, -0.25) is 4.79 Å². The number of halogens is 1. The van der Waals surface area contributed by atoms with Crippen molar-refractivity contribution in [2.75, 3.05) is 19.8 Å². The van der Waals surface area contributed by atoms with Crippen molar-refractivity contribution in [1.82, 2.24) is 15.1 Å².